The molecule has 1 aliphatic heterocycles. The van der Waals surface area contributed by atoms with Gasteiger partial charge >= 0.3 is 0 Å². The summed E-state index contributed by atoms with van der Waals surface area (Å²) in [4.78, 5) is 20.5. The molecule has 1 saturated heterocycles. The predicted molar refractivity (Wildman–Crippen MR) is 85.8 cm³/mol. The summed E-state index contributed by atoms with van der Waals surface area (Å²) >= 11 is 3.39. The van der Waals surface area contributed by atoms with Gasteiger partial charge in [0.05, 0.1) is 11.9 Å². The quantitative estimate of drug-likeness (QED) is 0.817. The van der Waals surface area contributed by atoms with E-state index in [0.29, 0.717) is 4.47 Å². The van der Waals surface area contributed by atoms with Crippen LogP contribution < -0.4 is 15.4 Å². The van der Waals surface area contributed by atoms with Crippen molar-refractivity contribution < 1.29 is 0 Å². The van der Waals surface area contributed by atoms with E-state index in [1.807, 2.05) is 24.5 Å². The van der Waals surface area contributed by atoms with E-state index in [4.69, 9.17) is 0 Å². The molecule has 0 aromatic carbocycles. The Morgan fingerprint density at radius 2 is 1.71 bits per heavy atom. The first kappa shape index (κ1) is 14.1. The minimum absolute atomic E-state index is 0.107. The summed E-state index contributed by atoms with van der Waals surface area (Å²) in [5.41, 5.74) is 1.95. The van der Waals surface area contributed by atoms with Crippen molar-refractivity contribution in [1.29, 1.82) is 0 Å². The minimum atomic E-state index is -0.107. The Morgan fingerprint density at radius 3 is 2.38 bits per heavy atom. The third-order valence-electron chi connectivity index (χ3n) is 3.71. The van der Waals surface area contributed by atoms with Gasteiger partial charge in [-0.15, -0.1) is 0 Å². The topological polar surface area (TPSA) is 54.3 Å². The second kappa shape index (κ2) is 5.85. The van der Waals surface area contributed by atoms with Crippen LogP contribution in [0.1, 0.15) is 0 Å². The minimum Gasteiger partial charge on any atom is -0.368 e. The lowest BCUT2D eigenvalue weighted by Crippen LogP contribution is -2.47. The van der Waals surface area contributed by atoms with Crippen LogP contribution in [0.2, 0.25) is 0 Å². The van der Waals surface area contributed by atoms with Gasteiger partial charge in [-0.2, -0.15) is 5.10 Å². The standard InChI is InChI=1S/C14H16BrN5O/c1-18-14(21)13(15)12(10-17-18)20-8-6-19(7-9-20)11-2-4-16-5-3-11/h2-5,10H,6-9H2,1H3. The van der Waals surface area contributed by atoms with Crippen LogP contribution in [0.25, 0.3) is 0 Å². The van der Waals surface area contributed by atoms with Crippen LogP contribution in [0.5, 0.6) is 0 Å². The van der Waals surface area contributed by atoms with E-state index in [1.54, 1.807) is 13.2 Å². The number of pyridine rings is 1. The van der Waals surface area contributed by atoms with Gasteiger partial charge in [0, 0.05) is 51.3 Å². The molecule has 7 heteroatoms. The van der Waals surface area contributed by atoms with E-state index in [1.165, 1.54) is 10.4 Å². The van der Waals surface area contributed by atoms with Gasteiger partial charge in [-0.05, 0) is 28.1 Å². The van der Waals surface area contributed by atoms with Gasteiger partial charge in [-0.3, -0.25) is 9.78 Å². The molecule has 3 rings (SSSR count). The number of aryl methyl sites for hydroxylation is 1. The second-order valence-electron chi connectivity index (χ2n) is 4.95. The summed E-state index contributed by atoms with van der Waals surface area (Å²) < 4.78 is 1.92. The molecule has 0 radical (unpaired) electrons. The van der Waals surface area contributed by atoms with E-state index in [9.17, 15) is 4.79 Å². The summed E-state index contributed by atoms with van der Waals surface area (Å²) in [6.07, 6.45) is 5.36. The van der Waals surface area contributed by atoms with Crippen molar-refractivity contribution in [2.75, 3.05) is 36.0 Å². The lowest BCUT2D eigenvalue weighted by Gasteiger charge is -2.37. The smallest absolute Gasteiger partial charge is 0.282 e. The molecule has 0 unspecified atom stereocenters. The molecule has 2 aromatic rings. The molecule has 21 heavy (non-hydrogen) atoms. The molecule has 1 aliphatic rings. The summed E-state index contributed by atoms with van der Waals surface area (Å²) in [6, 6.07) is 4.04. The van der Waals surface area contributed by atoms with E-state index < -0.39 is 0 Å². The van der Waals surface area contributed by atoms with Crippen LogP contribution in [0, 0.1) is 0 Å². The molecule has 6 nitrogen and oxygen atoms in total. The van der Waals surface area contributed by atoms with Gasteiger partial charge in [0.15, 0.2) is 0 Å². The van der Waals surface area contributed by atoms with Crippen molar-refractivity contribution in [3.8, 4) is 0 Å². The second-order valence-corrected chi connectivity index (χ2v) is 5.75. The maximum absolute atomic E-state index is 11.9. The van der Waals surface area contributed by atoms with Crippen molar-refractivity contribution in [1.82, 2.24) is 14.8 Å². The highest BCUT2D eigenvalue weighted by atomic mass is 79.9. The maximum Gasteiger partial charge on any atom is 0.282 e. The largest absolute Gasteiger partial charge is 0.368 e. The van der Waals surface area contributed by atoms with Gasteiger partial charge in [0.2, 0.25) is 0 Å². The van der Waals surface area contributed by atoms with Gasteiger partial charge < -0.3 is 9.80 Å². The number of aromatic nitrogens is 3. The Labute approximate surface area is 131 Å². The Bertz CT molecular complexity index is 680. The van der Waals surface area contributed by atoms with E-state index in [2.05, 4.69) is 35.8 Å². The van der Waals surface area contributed by atoms with Crippen LogP contribution in [-0.4, -0.2) is 40.9 Å². The van der Waals surface area contributed by atoms with Crippen LogP contribution in [0.15, 0.2) is 40.0 Å². The fraction of sp³-hybridized carbons (Fsp3) is 0.357. The third kappa shape index (κ3) is 2.78. The molecule has 0 spiro atoms. The fourth-order valence-corrected chi connectivity index (χ4v) is 3.09. The molecule has 2 aromatic heterocycles. The number of nitrogens with zero attached hydrogens (tertiary/aromatic N) is 5. The van der Waals surface area contributed by atoms with Crippen LogP contribution in [-0.2, 0) is 7.05 Å². The maximum atomic E-state index is 11.9. The van der Waals surface area contributed by atoms with Gasteiger partial charge in [0.25, 0.3) is 5.56 Å². The molecule has 110 valence electrons. The highest BCUT2D eigenvalue weighted by molar-refractivity contribution is 9.10. The van der Waals surface area contributed by atoms with Gasteiger partial charge in [-0.25, -0.2) is 4.68 Å². The summed E-state index contributed by atoms with van der Waals surface area (Å²) in [5, 5.41) is 4.10. The van der Waals surface area contributed by atoms with E-state index >= 15 is 0 Å². The normalized spacial score (nSPS) is 15.3. The lowest BCUT2D eigenvalue weighted by molar-refractivity contribution is 0.640. The Morgan fingerprint density at radius 1 is 1.10 bits per heavy atom. The average molecular weight is 350 g/mol. The number of hydrogen-bond donors (Lipinski definition) is 0. The molecular weight excluding hydrogens is 334 g/mol. The Balaban J connectivity index is 1.75. The highest BCUT2D eigenvalue weighted by Gasteiger charge is 2.20. The van der Waals surface area contributed by atoms with Crippen LogP contribution in [0.3, 0.4) is 0 Å². The van der Waals surface area contributed by atoms with Crippen molar-refractivity contribution in [3.63, 3.8) is 0 Å². The van der Waals surface area contributed by atoms with Crippen molar-refractivity contribution >= 4 is 27.3 Å². The molecular formula is C14H16BrN5O. The summed E-state index contributed by atoms with van der Waals surface area (Å²) in [5.74, 6) is 0. The zero-order chi connectivity index (χ0) is 14.8. The number of rotatable bonds is 2. The van der Waals surface area contributed by atoms with Crippen molar-refractivity contribution in [2.24, 2.45) is 7.05 Å². The molecule has 0 amide bonds. The Hall–Kier alpha value is -1.89. The predicted octanol–water partition coefficient (Wildman–Crippen LogP) is 1.26. The highest BCUT2D eigenvalue weighted by Crippen LogP contribution is 2.24. The summed E-state index contributed by atoms with van der Waals surface area (Å²) in [7, 11) is 1.65. The zero-order valence-electron chi connectivity index (χ0n) is 11.7. The number of anilines is 2. The Kier molecular flexibility index (Phi) is 3.92. The number of halogens is 1. The SMILES string of the molecule is Cn1ncc(N2CCN(c3ccncc3)CC2)c(Br)c1=O. The summed E-state index contributed by atoms with van der Waals surface area (Å²) in [6.45, 7) is 3.53. The third-order valence-corrected chi connectivity index (χ3v) is 4.45. The van der Waals surface area contributed by atoms with Crippen LogP contribution in [0.4, 0.5) is 11.4 Å². The lowest BCUT2D eigenvalue weighted by atomic mass is 10.2. The molecule has 3 heterocycles. The number of piperazine rings is 1. The van der Waals surface area contributed by atoms with Crippen LogP contribution >= 0.6 is 15.9 Å². The van der Waals surface area contributed by atoms with Crippen molar-refractivity contribution in [2.45, 2.75) is 0 Å². The first-order valence-corrected chi connectivity index (χ1v) is 7.58. The molecule has 0 aliphatic carbocycles. The van der Waals surface area contributed by atoms with Crippen molar-refractivity contribution in [3.05, 3.63) is 45.5 Å². The average Bonchev–Trinajstić information content (AvgIpc) is 2.54. The monoisotopic (exact) mass is 349 g/mol. The molecule has 0 N–H and O–H groups in total. The van der Waals surface area contributed by atoms with E-state index in [0.717, 1.165) is 31.9 Å². The molecule has 0 atom stereocenters. The molecule has 0 saturated carbocycles. The molecule has 0 bridgehead atoms. The number of hydrogen-bond acceptors (Lipinski definition) is 5. The fourth-order valence-electron chi connectivity index (χ4n) is 2.48. The zero-order valence-corrected chi connectivity index (χ0v) is 13.3. The van der Waals surface area contributed by atoms with E-state index in [-0.39, 0.29) is 5.56 Å². The van der Waals surface area contributed by atoms with Gasteiger partial charge in [0.1, 0.15) is 4.47 Å². The van der Waals surface area contributed by atoms with Gasteiger partial charge in [-0.1, -0.05) is 0 Å². The first-order chi connectivity index (χ1) is 10.2. The molecule has 1 fully saturated rings. The first-order valence-electron chi connectivity index (χ1n) is 6.78.